The zero-order chi connectivity index (χ0) is 22.1. The van der Waals surface area contributed by atoms with E-state index in [0.717, 1.165) is 5.56 Å². The van der Waals surface area contributed by atoms with Crippen LogP contribution < -0.4 is 10.3 Å². The van der Waals surface area contributed by atoms with Gasteiger partial charge in [-0.2, -0.15) is 4.98 Å². The molecule has 1 aliphatic rings. The number of hydrogen-bond donors (Lipinski definition) is 0. The maximum absolute atomic E-state index is 13.3. The highest BCUT2D eigenvalue weighted by molar-refractivity contribution is 8.26. The lowest BCUT2D eigenvalue weighted by atomic mass is 10.2. The van der Waals surface area contributed by atoms with Crippen molar-refractivity contribution in [3.63, 3.8) is 0 Å². The number of rotatable bonds is 5. The Balaban J connectivity index is 1.85. The van der Waals surface area contributed by atoms with Crippen molar-refractivity contribution in [1.29, 1.82) is 0 Å². The summed E-state index contributed by atoms with van der Waals surface area (Å²) in [6.07, 6.45) is 3.19. The minimum absolute atomic E-state index is 0.152. The lowest BCUT2D eigenvalue weighted by molar-refractivity contribution is -0.122. The molecule has 2 aromatic heterocycles. The Labute approximate surface area is 189 Å². The number of carbonyl (C=O) groups excluding carboxylic acids is 1. The lowest BCUT2D eigenvalue weighted by Gasteiger charge is -2.16. The molecule has 6 nitrogen and oxygen atoms in total. The number of pyridine rings is 1. The quantitative estimate of drug-likeness (QED) is 0.416. The highest BCUT2D eigenvalue weighted by Gasteiger charge is 2.33. The number of fused-ring (bicyclic) bond motifs is 1. The Kier molecular flexibility index (Phi) is 5.93. The third-order valence-electron chi connectivity index (χ3n) is 4.73. The maximum Gasteiger partial charge on any atom is 0.269 e. The van der Waals surface area contributed by atoms with Crippen LogP contribution in [0.15, 0.2) is 58.4 Å². The zero-order valence-corrected chi connectivity index (χ0v) is 19.0. The van der Waals surface area contributed by atoms with E-state index in [1.807, 2.05) is 45.0 Å². The number of benzene rings is 1. The normalized spacial score (nSPS) is 15.5. The summed E-state index contributed by atoms with van der Waals surface area (Å²) in [5.74, 6) is 0.814. The molecule has 0 radical (unpaired) electrons. The minimum Gasteiger partial charge on any atom is -0.438 e. The van der Waals surface area contributed by atoms with Crippen molar-refractivity contribution in [2.75, 3.05) is 6.54 Å². The molecule has 0 aliphatic carbocycles. The van der Waals surface area contributed by atoms with E-state index >= 15 is 0 Å². The molecule has 0 N–H and O–H groups in total. The Hall–Kier alpha value is -2.97. The summed E-state index contributed by atoms with van der Waals surface area (Å²) in [5.41, 5.74) is 1.26. The standard InChI is InChI=1S/C23H21N3O3S2/c1-14(2)13-26-22(28)18(31-23(26)30)12-16-20(29-17-9-5-4-8-15(17)3)24-19-10-6-7-11-25(19)21(16)27/h4-12,14H,13H2,1-3H3/b18-12+. The monoisotopic (exact) mass is 451 g/mol. The van der Waals surface area contributed by atoms with Crippen LogP contribution in [-0.4, -0.2) is 31.1 Å². The van der Waals surface area contributed by atoms with Gasteiger partial charge in [-0.15, -0.1) is 0 Å². The molecule has 1 amide bonds. The van der Waals surface area contributed by atoms with Gasteiger partial charge in [0.25, 0.3) is 11.5 Å². The van der Waals surface area contributed by atoms with Gasteiger partial charge in [-0.1, -0.05) is 62.1 Å². The third kappa shape index (κ3) is 4.26. The Bertz CT molecular complexity index is 1280. The minimum atomic E-state index is -0.316. The number of para-hydroxylation sites is 1. The zero-order valence-electron chi connectivity index (χ0n) is 17.4. The van der Waals surface area contributed by atoms with Crippen LogP contribution in [0.4, 0.5) is 0 Å². The third-order valence-corrected chi connectivity index (χ3v) is 6.11. The van der Waals surface area contributed by atoms with Gasteiger partial charge in [0, 0.05) is 12.7 Å². The second-order valence-electron chi connectivity index (χ2n) is 7.62. The summed E-state index contributed by atoms with van der Waals surface area (Å²) < 4.78 is 7.98. The van der Waals surface area contributed by atoms with Crippen molar-refractivity contribution < 1.29 is 9.53 Å². The first-order valence-corrected chi connectivity index (χ1v) is 11.1. The summed E-state index contributed by atoms with van der Waals surface area (Å²) in [6.45, 7) is 6.50. The van der Waals surface area contributed by atoms with Crippen molar-refractivity contribution in [2.45, 2.75) is 20.8 Å². The Morgan fingerprint density at radius 1 is 1.16 bits per heavy atom. The van der Waals surface area contributed by atoms with Crippen LogP contribution in [0, 0.1) is 12.8 Å². The Morgan fingerprint density at radius 2 is 1.90 bits per heavy atom. The number of carbonyl (C=O) groups is 1. The highest BCUT2D eigenvalue weighted by atomic mass is 32.2. The van der Waals surface area contributed by atoms with Crippen LogP contribution >= 0.6 is 24.0 Å². The van der Waals surface area contributed by atoms with Gasteiger partial charge in [-0.05, 0) is 42.7 Å². The predicted molar refractivity (Wildman–Crippen MR) is 127 cm³/mol. The second kappa shape index (κ2) is 8.64. The van der Waals surface area contributed by atoms with E-state index in [2.05, 4.69) is 4.98 Å². The lowest BCUT2D eigenvalue weighted by Crippen LogP contribution is -2.31. The SMILES string of the molecule is Cc1ccccc1Oc1nc2ccccn2c(=O)c1/C=C1/SC(=S)N(CC(C)C)C1=O. The fraction of sp³-hybridized carbons (Fsp3) is 0.217. The van der Waals surface area contributed by atoms with E-state index in [4.69, 9.17) is 17.0 Å². The first kappa shape index (κ1) is 21.3. The molecule has 1 fully saturated rings. The number of aromatic nitrogens is 2. The van der Waals surface area contributed by atoms with Crippen LogP contribution in [0.25, 0.3) is 11.7 Å². The molecular weight excluding hydrogens is 430 g/mol. The molecule has 158 valence electrons. The summed E-state index contributed by atoms with van der Waals surface area (Å²) in [4.78, 5) is 32.7. The largest absolute Gasteiger partial charge is 0.438 e. The number of thioether (sulfide) groups is 1. The molecular formula is C23H21N3O3S2. The summed E-state index contributed by atoms with van der Waals surface area (Å²) in [7, 11) is 0. The van der Waals surface area contributed by atoms with E-state index < -0.39 is 0 Å². The predicted octanol–water partition coefficient (Wildman–Crippen LogP) is 4.65. The van der Waals surface area contributed by atoms with Crippen LogP contribution in [0.3, 0.4) is 0 Å². The van der Waals surface area contributed by atoms with Gasteiger partial charge >= 0.3 is 0 Å². The van der Waals surface area contributed by atoms with E-state index in [1.54, 1.807) is 35.4 Å². The maximum atomic E-state index is 13.3. The van der Waals surface area contributed by atoms with E-state index in [1.165, 1.54) is 16.2 Å². The summed E-state index contributed by atoms with van der Waals surface area (Å²) in [6, 6.07) is 12.8. The van der Waals surface area contributed by atoms with Crippen LogP contribution in [0.1, 0.15) is 25.0 Å². The number of thiocarbonyl (C=S) groups is 1. The first-order chi connectivity index (χ1) is 14.8. The summed E-state index contributed by atoms with van der Waals surface area (Å²) in [5, 5.41) is 0. The van der Waals surface area contributed by atoms with E-state index in [-0.39, 0.29) is 28.8 Å². The van der Waals surface area contributed by atoms with E-state index in [0.29, 0.717) is 27.2 Å². The molecule has 31 heavy (non-hydrogen) atoms. The van der Waals surface area contributed by atoms with Crippen LogP contribution in [0.2, 0.25) is 0 Å². The molecule has 8 heteroatoms. The molecule has 1 aromatic carbocycles. The smallest absolute Gasteiger partial charge is 0.269 e. The van der Waals surface area contributed by atoms with Crippen LogP contribution in [0.5, 0.6) is 11.6 Å². The second-order valence-corrected chi connectivity index (χ2v) is 9.29. The molecule has 0 unspecified atom stereocenters. The first-order valence-electron chi connectivity index (χ1n) is 9.85. The van der Waals surface area contributed by atoms with Crippen molar-refractivity contribution in [3.8, 4) is 11.6 Å². The van der Waals surface area contributed by atoms with Gasteiger partial charge < -0.3 is 4.74 Å². The molecule has 0 spiro atoms. The molecule has 4 rings (SSSR count). The molecule has 3 heterocycles. The number of aryl methyl sites for hydroxylation is 1. The van der Waals surface area contributed by atoms with Gasteiger partial charge in [-0.25, -0.2) is 0 Å². The van der Waals surface area contributed by atoms with Crippen molar-refractivity contribution in [3.05, 3.63) is 75.0 Å². The number of hydrogen-bond acceptors (Lipinski definition) is 6. The summed E-state index contributed by atoms with van der Waals surface area (Å²) >= 11 is 6.58. The fourth-order valence-corrected chi connectivity index (χ4v) is 4.47. The number of amides is 1. The molecule has 3 aromatic rings. The van der Waals surface area contributed by atoms with Crippen molar-refractivity contribution in [2.24, 2.45) is 5.92 Å². The highest BCUT2D eigenvalue weighted by Crippen LogP contribution is 2.34. The van der Waals surface area contributed by atoms with Gasteiger partial charge in [0.2, 0.25) is 5.88 Å². The van der Waals surface area contributed by atoms with Gasteiger partial charge in [0.15, 0.2) is 0 Å². The van der Waals surface area contributed by atoms with Crippen molar-refractivity contribution >= 4 is 45.9 Å². The molecule has 0 atom stereocenters. The topological polar surface area (TPSA) is 63.9 Å². The van der Waals surface area contributed by atoms with Crippen molar-refractivity contribution in [1.82, 2.24) is 14.3 Å². The molecule has 1 aliphatic heterocycles. The average molecular weight is 452 g/mol. The molecule has 0 saturated carbocycles. The van der Waals surface area contributed by atoms with Crippen LogP contribution in [-0.2, 0) is 4.79 Å². The number of ether oxygens (including phenoxy) is 1. The van der Waals surface area contributed by atoms with Gasteiger partial charge in [-0.3, -0.25) is 18.9 Å². The van der Waals surface area contributed by atoms with E-state index in [9.17, 15) is 9.59 Å². The average Bonchev–Trinajstić information content (AvgIpc) is 2.99. The van der Waals surface area contributed by atoms with Gasteiger partial charge in [0.05, 0.1) is 4.91 Å². The molecule has 0 bridgehead atoms. The molecule has 1 saturated heterocycles. The Morgan fingerprint density at radius 3 is 2.65 bits per heavy atom. The fourth-order valence-electron chi connectivity index (χ4n) is 3.21. The van der Waals surface area contributed by atoms with Gasteiger partial charge in [0.1, 0.15) is 21.3 Å². The number of nitrogens with zero attached hydrogens (tertiary/aromatic N) is 3.